The highest BCUT2D eigenvalue weighted by Crippen LogP contribution is 2.41. The van der Waals surface area contributed by atoms with Crippen LogP contribution >= 0.6 is 0 Å². The summed E-state index contributed by atoms with van der Waals surface area (Å²) in [5.74, 6) is -0.661. The fourth-order valence-corrected chi connectivity index (χ4v) is 6.44. The van der Waals surface area contributed by atoms with Gasteiger partial charge in [0, 0.05) is 24.1 Å². The van der Waals surface area contributed by atoms with E-state index in [1.165, 1.54) is 12.1 Å². The van der Waals surface area contributed by atoms with Gasteiger partial charge < -0.3 is 20.3 Å². The van der Waals surface area contributed by atoms with E-state index in [2.05, 4.69) is 26.8 Å². The molecule has 3 aromatic rings. The molecule has 6 nitrogen and oxygen atoms in total. The van der Waals surface area contributed by atoms with E-state index in [4.69, 9.17) is 10.5 Å². The Labute approximate surface area is 233 Å². The molecule has 2 aromatic carbocycles. The second kappa shape index (κ2) is 11.4. The third kappa shape index (κ3) is 5.54. The maximum Gasteiger partial charge on any atom is 0.178 e. The van der Waals surface area contributed by atoms with Crippen LogP contribution in [0.1, 0.15) is 61.4 Å². The van der Waals surface area contributed by atoms with Gasteiger partial charge >= 0.3 is 0 Å². The van der Waals surface area contributed by atoms with Gasteiger partial charge in [0.05, 0.1) is 18.4 Å². The maximum atomic E-state index is 15.3. The van der Waals surface area contributed by atoms with Gasteiger partial charge in [0.25, 0.3) is 0 Å². The van der Waals surface area contributed by atoms with E-state index in [9.17, 15) is 0 Å². The van der Waals surface area contributed by atoms with Crippen molar-refractivity contribution in [3.05, 3.63) is 70.9 Å². The lowest BCUT2D eigenvalue weighted by Crippen LogP contribution is -2.44. The number of hydrogen-bond donors (Lipinski definition) is 1. The van der Waals surface area contributed by atoms with Gasteiger partial charge in [-0.15, -0.1) is 0 Å². The highest BCUT2D eigenvalue weighted by molar-refractivity contribution is 5.72. The van der Waals surface area contributed by atoms with Gasteiger partial charge in [0.15, 0.2) is 17.4 Å². The summed E-state index contributed by atoms with van der Waals surface area (Å²) in [5, 5.41) is 0. The van der Waals surface area contributed by atoms with E-state index in [0.29, 0.717) is 35.8 Å². The van der Waals surface area contributed by atoms with Crippen LogP contribution in [0.3, 0.4) is 0 Å². The molecule has 3 aliphatic rings. The first-order chi connectivity index (χ1) is 19.4. The maximum absolute atomic E-state index is 15.3. The predicted octanol–water partition coefficient (Wildman–Crippen LogP) is 5.43. The lowest BCUT2D eigenvalue weighted by molar-refractivity contribution is 0.253. The van der Waals surface area contributed by atoms with E-state index >= 15 is 13.2 Å². The highest BCUT2D eigenvalue weighted by atomic mass is 19.1. The van der Waals surface area contributed by atoms with Gasteiger partial charge in [-0.25, -0.2) is 23.1 Å². The van der Waals surface area contributed by atoms with Crippen molar-refractivity contribution < 1.29 is 17.9 Å². The van der Waals surface area contributed by atoms with Crippen LogP contribution in [0.4, 0.5) is 18.9 Å². The Hall–Kier alpha value is -3.17. The summed E-state index contributed by atoms with van der Waals surface area (Å²) in [4.78, 5) is 13.1. The molecule has 0 amide bonds. The number of nitrogens with two attached hydrogens (primary N) is 1. The van der Waals surface area contributed by atoms with E-state index < -0.39 is 11.6 Å². The molecule has 2 fully saturated rings. The zero-order chi connectivity index (χ0) is 27.8. The molecule has 0 radical (unpaired) electrons. The van der Waals surface area contributed by atoms with Crippen molar-refractivity contribution in [2.75, 3.05) is 38.2 Å². The van der Waals surface area contributed by atoms with Crippen LogP contribution in [0, 0.1) is 17.5 Å². The van der Waals surface area contributed by atoms with E-state index in [-0.39, 0.29) is 41.7 Å². The van der Waals surface area contributed by atoms with Crippen molar-refractivity contribution in [1.82, 2.24) is 14.9 Å². The van der Waals surface area contributed by atoms with E-state index in [1.54, 1.807) is 6.07 Å². The molecule has 2 N–H and O–H groups in total. The number of anilines is 1. The topological polar surface area (TPSA) is 67.5 Å². The molecule has 40 heavy (non-hydrogen) atoms. The van der Waals surface area contributed by atoms with E-state index in [1.807, 2.05) is 12.1 Å². The zero-order valence-corrected chi connectivity index (χ0v) is 22.9. The van der Waals surface area contributed by atoms with Gasteiger partial charge in [0.1, 0.15) is 23.9 Å². The van der Waals surface area contributed by atoms with Crippen molar-refractivity contribution >= 4 is 5.69 Å². The SMILES string of the molecule is CN1CCC(c2ccc(Cc3ncc(F)c(-c4cc(F)c5c(c4)N(C4CCC(N)CC4)CCO5)n3)cc2F)CC1. The molecule has 1 aromatic heterocycles. The Morgan fingerprint density at radius 1 is 0.925 bits per heavy atom. The summed E-state index contributed by atoms with van der Waals surface area (Å²) in [6.45, 7) is 2.94. The van der Waals surface area contributed by atoms with Crippen molar-refractivity contribution in [2.45, 2.75) is 62.9 Å². The van der Waals surface area contributed by atoms with Crippen molar-refractivity contribution in [2.24, 2.45) is 5.73 Å². The second-order valence-electron chi connectivity index (χ2n) is 11.5. The van der Waals surface area contributed by atoms with Crippen LogP contribution in [0.5, 0.6) is 5.75 Å². The third-order valence-electron chi connectivity index (χ3n) is 8.75. The van der Waals surface area contributed by atoms with Gasteiger partial charge in [0.2, 0.25) is 0 Å². The quantitative estimate of drug-likeness (QED) is 0.456. The summed E-state index contributed by atoms with van der Waals surface area (Å²) in [5.41, 5.74) is 8.52. The summed E-state index contributed by atoms with van der Waals surface area (Å²) in [6, 6.07) is 8.75. The normalized spacial score (nSPS) is 22.2. The Morgan fingerprint density at radius 3 is 2.45 bits per heavy atom. The molecule has 0 atom stereocenters. The highest BCUT2D eigenvalue weighted by Gasteiger charge is 2.31. The largest absolute Gasteiger partial charge is 0.486 e. The van der Waals surface area contributed by atoms with Crippen LogP contribution in [0.2, 0.25) is 0 Å². The number of benzene rings is 2. The summed E-state index contributed by atoms with van der Waals surface area (Å²) in [7, 11) is 2.09. The van der Waals surface area contributed by atoms with Crippen molar-refractivity contribution in [1.29, 1.82) is 0 Å². The molecule has 212 valence electrons. The fraction of sp³-hybridized carbons (Fsp3) is 0.484. The smallest absolute Gasteiger partial charge is 0.178 e. The van der Waals surface area contributed by atoms with Gasteiger partial charge in [-0.1, -0.05) is 12.1 Å². The van der Waals surface area contributed by atoms with Crippen LogP contribution in [-0.4, -0.2) is 60.2 Å². The van der Waals surface area contributed by atoms with Crippen LogP contribution in [0.25, 0.3) is 11.3 Å². The molecule has 1 aliphatic carbocycles. The minimum Gasteiger partial charge on any atom is -0.486 e. The lowest BCUT2D eigenvalue weighted by Gasteiger charge is -2.40. The third-order valence-corrected chi connectivity index (χ3v) is 8.75. The van der Waals surface area contributed by atoms with Crippen LogP contribution in [0.15, 0.2) is 36.5 Å². The van der Waals surface area contributed by atoms with Crippen molar-refractivity contribution in [3.63, 3.8) is 0 Å². The minimum absolute atomic E-state index is 0.0197. The average molecular weight is 552 g/mol. The minimum atomic E-state index is -0.640. The Morgan fingerprint density at radius 2 is 1.70 bits per heavy atom. The number of fused-ring (bicyclic) bond motifs is 1. The first kappa shape index (κ1) is 27.0. The molecule has 6 rings (SSSR count). The molecular weight excluding hydrogens is 515 g/mol. The molecule has 3 heterocycles. The first-order valence-electron chi connectivity index (χ1n) is 14.3. The summed E-state index contributed by atoms with van der Waals surface area (Å²) in [6.07, 6.45) is 6.90. The van der Waals surface area contributed by atoms with Gasteiger partial charge in [-0.2, -0.15) is 0 Å². The number of halogens is 3. The second-order valence-corrected chi connectivity index (χ2v) is 11.5. The molecule has 0 unspecified atom stereocenters. The number of ether oxygens (including phenoxy) is 1. The molecular formula is C31H36F3N5O. The van der Waals surface area contributed by atoms with Gasteiger partial charge in [-0.05, 0) is 93.9 Å². The lowest BCUT2D eigenvalue weighted by atomic mass is 9.88. The zero-order valence-electron chi connectivity index (χ0n) is 22.9. The Bertz CT molecular complexity index is 1370. The van der Waals surface area contributed by atoms with Crippen molar-refractivity contribution in [3.8, 4) is 17.0 Å². The molecule has 2 aliphatic heterocycles. The number of hydrogen-bond acceptors (Lipinski definition) is 6. The predicted molar refractivity (Wildman–Crippen MR) is 149 cm³/mol. The first-order valence-corrected chi connectivity index (χ1v) is 14.3. The molecule has 1 saturated heterocycles. The van der Waals surface area contributed by atoms with Crippen LogP contribution < -0.4 is 15.4 Å². The monoisotopic (exact) mass is 551 g/mol. The number of aromatic nitrogens is 2. The molecule has 0 spiro atoms. The number of nitrogens with zero attached hydrogens (tertiary/aromatic N) is 4. The number of likely N-dealkylation sites (tertiary alicyclic amines) is 1. The molecule has 1 saturated carbocycles. The fourth-order valence-electron chi connectivity index (χ4n) is 6.44. The summed E-state index contributed by atoms with van der Waals surface area (Å²) < 4.78 is 51.1. The number of piperidine rings is 1. The van der Waals surface area contributed by atoms with E-state index in [0.717, 1.165) is 63.4 Å². The Balaban J connectivity index is 1.26. The summed E-state index contributed by atoms with van der Waals surface area (Å²) >= 11 is 0. The Kier molecular flexibility index (Phi) is 7.68. The average Bonchev–Trinajstić information content (AvgIpc) is 2.95. The van der Waals surface area contributed by atoms with Gasteiger partial charge in [-0.3, -0.25) is 0 Å². The molecule has 9 heteroatoms. The molecule has 0 bridgehead atoms. The standard InChI is InChI=1S/C31H36F3N5O/c1-38-10-8-20(9-11-38)24-7-2-19(14-25(24)32)15-29-36-18-27(34)30(37-29)21-16-26(33)31-28(17-21)39(12-13-40-31)23-5-3-22(35)4-6-23/h2,7,14,16-18,20,22-23H,3-6,8-13,15,35H2,1H3. The van der Waals surface area contributed by atoms with Crippen LogP contribution in [-0.2, 0) is 6.42 Å². The number of rotatable bonds is 5.